The van der Waals surface area contributed by atoms with E-state index in [1.54, 1.807) is 4.90 Å². The first-order valence-electron chi connectivity index (χ1n) is 11.8. The number of rotatable bonds is 13. The van der Waals surface area contributed by atoms with Gasteiger partial charge in [0, 0.05) is 19.5 Å². The van der Waals surface area contributed by atoms with Crippen molar-refractivity contribution < 1.29 is 14.3 Å². The van der Waals surface area contributed by atoms with E-state index in [0.717, 1.165) is 24.2 Å². The van der Waals surface area contributed by atoms with E-state index in [1.807, 2.05) is 69.3 Å². The van der Waals surface area contributed by atoms with E-state index < -0.39 is 6.04 Å². The Morgan fingerprint density at radius 2 is 1.56 bits per heavy atom. The number of aryl methyl sites for hydroxylation is 2. The van der Waals surface area contributed by atoms with Crippen molar-refractivity contribution >= 4 is 11.8 Å². The molecule has 2 aromatic carbocycles. The van der Waals surface area contributed by atoms with Gasteiger partial charge in [-0.25, -0.2) is 0 Å². The third-order valence-corrected chi connectivity index (χ3v) is 5.51. The predicted molar refractivity (Wildman–Crippen MR) is 130 cm³/mol. The Hall–Kier alpha value is -2.82. The summed E-state index contributed by atoms with van der Waals surface area (Å²) in [6.07, 6.45) is 3.48. The maximum absolute atomic E-state index is 13.2. The summed E-state index contributed by atoms with van der Waals surface area (Å²) >= 11 is 0. The summed E-state index contributed by atoms with van der Waals surface area (Å²) in [6.45, 7) is 9.66. The normalized spacial score (nSPS) is 11.6. The van der Waals surface area contributed by atoms with Gasteiger partial charge in [-0.2, -0.15) is 0 Å². The minimum Gasteiger partial charge on any atom is -0.494 e. The van der Waals surface area contributed by atoms with E-state index in [2.05, 4.69) is 12.2 Å². The lowest BCUT2D eigenvalue weighted by Gasteiger charge is -2.31. The Bertz CT molecular complexity index is 831. The molecule has 0 aliphatic rings. The zero-order chi connectivity index (χ0) is 23.3. The second-order valence-electron chi connectivity index (χ2n) is 8.34. The Morgan fingerprint density at radius 1 is 0.938 bits per heavy atom. The van der Waals surface area contributed by atoms with Crippen LogP contribution in [0.1, 0.15) is 62.6 Å². The molecule has 0 saturated heterocycles. The van der Waals surface area contributed by atoms with Gasteiger partial charge < -0.3 is 15.0 Å². The third-order valence-electron chi connectivity index (χ3n) is 5.51. The summed E-state index contributed by atoms with van der Waals surface area (Å²) in [6, 6.07) is 15.5. The van der Waals surface area contributed by atoms with Gasteiger partial charge in [0.05, 0.1) is 6.61 Å². The van der Waals surface area contributed by atoms with Crippen LogP contribution >= 0.6 is 0 Å². The second kappa shape index (κ2) is 13.6. The lowest BCUT2D eigenvalue weighted by Crippen LogP contribution is -2.49. The van der Waals surface area contributed by atoms with Crippen LogP contribution < -0.4 is 10.1 Å². The van der Waals surface area contributed by atoms with Crippen molar-refractivity contribution in [2.75, 3.05) is 13.2 Å². The van der Waals surface area contributed by atoms with Crippen molar-refractivity contribution in [1.29, 1.82) is 0 Å². The van der Waals surface area contributed by atoms with Crippen LogP contribution in [-0.4, -0.2) is 35.9 Å². The van der Waals surface area contributed by atoms with Gasteiger partial charge in [-0.05, 0) is 50.8 Å². The summed E-state index contributed by atoms with van der Waals surface area (Å²) in [5.41, 5.74) is 3.38. The molecular weight excluding hydrogens is 400 g/mol. The first-order chi connectivity index (χ1) is 15.4. The van der Waals surface area contributed by atoms with Crippen molar-refractivity contribution in [1.82, 2.24) is 10.2 Å². The van der Waals surface area contributed by atoms with Crippen LogP contribution in [0, 0.1) is 13.8 Å². The molecule has 0 spiro atoms. The third kappa shape index (κ3) is 8.37. The van der Waals surface area contributed by atoms with Crippen LogP contribution in [0.3, 0.4) is 0 Å². The van der Waals surface area contributed by atoms with Crippen LogP contribution in [0.25, 0.3) is 0 Å². The van der Waals surface area contributed by atoms with E-state index in [1.165, 1.54) is 11.1 Å². The van der Waals surface area contributed by atoms with Crippen molar-refractivity contribution in [3.63, 3.8) is 0 Å². The lowest BCUT2D eigenvalue weighted by atomic mass is 10.1. The Labute approximate surface area is 193 Å². The minimum atomic E-state index is -0.473. The topological polar surface area (TPSA) is 58.6 Å². The van der Waals surface area contributed by atoms with Gasteiger partial charge in [0.1, 0.15) is 11.8 Å². The smallest absolute Gasteiger partial charge is 0.242 e. The van der Waals surface area contributed by atoms with Crippen LogP contribution in [-0.2, 0) is 16.1 Å². The summed E-state index contributed by atoms with van der Waals surface area (Å²) in [5.74, 6) is 0.717. The fraction of sp³-hybridized carbons (Fsp3) is 0.481. The highest BCUT2D eigenvalue weighted by Gasteiger charge is 2.28. The number of carbonyl (C=O) groups is 2. The zero-order valence-corrected chi connectivity index (χ0v) is 20.0. The van der Waals surface area contributed by atoms with Crippen LogP contribution in [0.5, 0.6) is 5.75 Å². The molecular formula is C27H38N2O3. The van der Waals surface area contributed by atoms with Crippen LogP contribution in [0.4, 0.5) is 0 Å². The van der Waals surface area contributed by atoms with E-state index in [4.69, 9.17) is 4.74 Å². The second-order valence-corrected chi connectivity index (χ2v) is 8.34. The van der Waals surface area contributed by atoms with Gasteiger partial charge in [0.25, 0.3) is 0 Å². The van der Waals surface area contributed by atoms with Crippen molar-refractivity contribution in [2.45, 2.75) is 72.4 Å². The molecule has 0 fully saturated rings. The number of nitrogens with zero attached hydrogens (tertiary/aromatic N) is 1. The lowest BCUT2D eigenvalue weighted by molar-refractivity contribution is -0.141. The molecule has 5 heteroatoms. The summed E-state index contributed by atoms with van der Waals surface area (Å²) in [7, 11) is 0. The first kappa shape index (κ1) is 25.4. The molecule has 0 radical (unpaired) electrons. The highest BCUT2D eigenvalue weighted by Crippen LogP contribution is 2.16. The molecule has 0 aromatic heterocycles. The molecule has 0 aliphatic carbocycles. The standard InChI is InChI=1S/C27H38N2O3/c1-5-7-18-28-27(31)25(6-2)29(20-23-14-10-21(3)11-15-23)26(30)9-8-19-32-24-16-12-22(4)13-17-24/h10-17,25H,5-9,18-20H2,1-4H3,(H,28,31)/t25-/m0/s1. The Kier molecular flexibility index (Phi) is 10.8. The molecule has 174 valence electrons. The summed E-state index contributed by atoms with van der Waals surface area (Å²) < 4.78 is 5.77. The van der Waals surface area contributed by atoms with Gasteiger partial charge in [-0.1, -0.05) is 67.8 Å². The predicted octanol–water partition coefficient (Wildman–Crippen LogP) is 5.19. The van der Waals surface area contributed by atoms with Crippen molar-refractivity contribution in [3.8, 4) is 5.75 Å². The summed E-state index contributed by atoms with van der Waals surface area (Å²) in [4.78, 5) is 27.8. The largest absolute Gasteiger partial charge is 0.494 e. The van der Waals surface area contributed by atoms with Crippen LogP contribution in [0.2, 0.25) is 0 Å². The van der Waals surface area contributed by atoms with Gasteiger partial charge in [0.2, 0.25) is 11.8 Å². The number of amides is 2. The van der Waals surface area contributed by atoms with Crippen molar-refractivity contribution in [3.05, 3.63) is 65.2 Å². The minimum absolute atomic E-state index is 0.0180. The highest BCUT2D eigenvalue weighted by molar-refractivity contribution is 5.87. The molecule has 0 unspecified atom stereocenters. The number of nitrogens with one attached hydrogen (secondary N) is 1. The highest BCUT2D eigenvalue weighted by atomic mass is 16.5. The molecule has 2 rings (SSSR count). The molecule has 0 saturated carbocycles. The van der Waals surface area contributed by atoms with E-state index >= 15 is 0 Å². The number of hydrogen-bond donors (Lipinski definition) is 1. The maximum atomic E-state index is 13.2. The van der Waals surface area contributed by atoms with Gasteiger partial charge >= 0.3 is 0 Å². The van der Waals surface area contributed by atoms with E-state index in [0.29, 0.717) is 39.0 Å². The SMILES string of the molecule is CCCCNC(=O)[C@H](CC)N(Cc1ccc(C)cc1)C(=O)CCCOc1ccc(C)cc1. The maximum Gasteiger partial charge on any atom is 0.242 e. The van der Waals surface area contributed by atoms with Gasteiger partial charge in [-0.3, -0.25) is 9.59 Å². The number of benzene rings is 2. The zero-order valence-electron chi connectivity index (χ0n) is 20.0. The summed E-state index contributed by atoms with van der Waals surface area (Å²) in [5, 5.41) is 3.00. The van der Waals surface area contributed by atoms with E-state index in [-0.39, 0.29) is 11.8 Å². The number of carbonyl (C=O) groups excluding carboxylic acids is 2. The molecule has 5 nitrogen and oxygen atoms in total. The Balaban J connectivity index is 2.02. The Morgan fingerprint density at radius 3 is 2.16 bits per heavy atom. The molecule has 2 amide bonds. The average Bonchev–Trinajstić information content (AvgIpc) is 2.79. The molecule has 32 heavy (non-hydrogen) atoms. The van der Waals surface area contributed by atoms with E-state index in [9.17, 15) is 9.59 Å². The average molecular weight is 439 g/mol. The number of hydrogen-bond acceptors (Lipinski definition) is 3. The quantitative estimate of drug-likeness (QED) is 0.438. The molecule has 2 aromatic rings. The fourth-order valence-electron chi connectivity index (χ4n) is 3.51. The molecule has 1 N–H and O–H groups in total. The number of unbranched alkanes of at least 4 members (excludes halogenated alkanes) is 1. The van der Waals surface area contributed by atoms with Gasteiger partial charge in [-0.15, -0.1) is 0 Å². The molecule has 1 atom stereocenters. The van der Waals surface area contributed by atoms with Crippen LogP contribution in [0.15, 0.2) is 48.5 Å². The molecule has 0 bridgehead atoms. The van der Waals surface area contributed by atoms with Crippen molar-refractivity contribution in [2.24, 2.45) is 0 Å². The molecule has 0 aliphatic heterocycles. The first-order valence-corrected chi connectivity index (χ1v) is 11.8. The number of ether oxygens (including phenoxy) is 1. The molecule has 0 heterocycles. The van der Waals surface area contributed by atoms with Gasteiger partial charge in [0.15, 0.2) is 0 Å². The fourth-order valence-corrected chi connectivity index (χ4v) is 3.51. The monoisotopic (exact) mass is 438 g/mol.